The lowest BCUT2D eigenvalue weighted by atomic mass is 9.78. The molecule has 0 fully saturated rings. The summed E-state index contributed by atoms with van der Waals surface area (Å²) in [6, 6.07) is 20.1. The Labute approximate surface area is 163 Å². The number of para-hydroxylation sites is 1. The third-order valence-electron chi connectivity index (χ3n) is 4.99. The standard InChI is InChI=1S/C24H22F2O2/c1-23(2,3)22-27-21-7-5-4-6-20(21)24(28-22,16-8-12-18(25)13-9-16)17-10-14-19(26)15-11-17/h4-15,22H,1-3H3. The van der Waals surface area contributed by atoms with E-state index in [1.54, 1.807) is 24.3 Å². The largest absolute Gasteiger partial charge is 0.464 e. The molecule has 0 saturated heterocycles. The summed E-state index contributed by atoms with van der Waals surface area (Å²) in [5, 5.41) is 0. The highest BCUT2D eigenvalue weighted by Gasteiger charge is 2.48. The Bertz CT molecular complexity index is 927. The second-order valence-corrected chi connectivity index (χ2v) is 8.12. The normalized spacial score (nSPS) is 18.2. The smallest absolute Gasteiger partial charge is 0.206 e. The summed E-state index contributed by atoms with van der Waals surface area (Å²) in [5.41, 5.74) is 0.942. The van der Waals surface area contributed by atoms with Crippen LogP contribution in [0.25, 0.3) is 0 Å². The minimum absolute atomic E-state index is 0.321. The molecule has 0 spiro atoms. The Morgan fingerprint density at radius 3 is 1.75 bits per heavy atom. The molecule has 144 valence electrons. The van der Waals surface area contributed by atoms with Crippen molar-refractivity contribution in [1.29, 1.82) is 0 Å². The summed E-state index contributed by atoms with van der Waals surface area (Å²) in [4.78, 5) is 0. The average Bonchev–Trinajstić information content (AvgIpc) is 2.67. The molecule has 1 aliphatic rings. The van der Waals surface area contributed by atoms with Gasteiger partial charge in [-0.05, 0) is 41.5 Å². The van der Waals surface area contributed by atoms with Crippen molar-refractivity contribution >= 4 is 0 Å². The van der Waals surface area contributed by atoms with Gasteiger partial charge in [0.2, 0.25) is 6.29 Å². The van der Waals surface area contributed by atoms with E-state index in [9.17, 15) is 8.78 Å². The van der Waals surface area contributed by atoms with Crippen LogP contribution in [0, 0.1) is 17.0 Å². The van der Waals surface area contributed by atoms with Gasteiger partial charge in [-0.3, -0.25) is 0 Å². The van der Waals surface area contributed by atoms with E-state index in [0.29, 0.717) is 5.75 Å². The molecular weight excluding hydrogens is 358 g/mol. The van der Waals surface area contributed by atoms with E-state index in [1.807, 2.05) is 45.0 Å². The molecule has 1 unspecified atom stereocenters. The second-order valence-electron chi connectivity index (χ2n) is 8.12. The van der Waals surface area contributed by atoms with Crippen LogP contribution < -0.4 is 4.74 Å². The quantitative estimate of drug-likeness (QED) is 0.540. The van der Waals surface area contributed by atoms with E-state index in [4.69, 9.17) is 9.47 Å². The summed E-state index contributed by atoms with van der Waals surface area (Å²) in [5.74, 6) is 0.0405. The van der Waals surface area contributed by atoms with Crippen LogP contribution in [0.4, 0.5) is 8.78 Å². The minimum atomic E-state index is -1.05. The number of rotatable bonds is 2. The van der Waals surface area contributed by atoms with Gasteiger partial charge in [-0.2, -0.15) is 0 Å². The first-order chi connectivity index (χ1) is 13.3. The number of halogens is 2. The van der Waals surface area contributed by atoms with Crippen molar-refractivity contribution in [2.24, 2.45) is 5.41 Å². The molecule has 0 amide bonds. The number of hydrogen-bond acceptors (Lipinski definition) is 2. The first-order valence-corrected chi connectivity index (χ1v) is 9.27. The molecule has 1 heterocycles. The molecular formula is C24H22F2O2. The summed E-state index contributed by atoms with van der Waals surface area (Å²) in [7, 11) is 0. The Morgan fingerprint density at radius 1 is 0.750 bits per heavy atom. The van der Waals surface area contributed by atoms with Gasteiger partial charge >= 0.3 is 0 Å². The van der Waals surface area contributed by atoms with Gasteiger partial charge in [0.05, 0.1) is 0 Å². The van der Waals surface area contributed by atoms with Gasteiger partial charge in [0, 0.05) is 11.0 Å². The fourth-order valence-electron chi connectivity index (χ4n) is 3.56. The van der Waals surface area contributed by atoms with Crippen LogP contribution in [0.2, 0.25) is 0 Å². The topological polar surface area (TPSA) is 18.5 Å². The lowest BCUT2D eigenvalue weighted by Gasteiger charge is -2.46. The fraction of sp³-hybridized carbons (Fsp3) is 0.250. The van der Waals surface area contributed by atoms with E-state index in [1.165, 1.54) is 24.3 Å². The summed E-state index contributed by atoms with van der Waals surface area (Å²) in [6.45, 7) is 6.10. The van der Waals surface area contributed by atoms with Gasteiger partial charge in [-0.15, -0.1) is 0 Å². The van der Waals surface area contributed by atoms with Crippen LogP contribution in [-0.2, 0) is 10.3 Å². The van der Waals surface area contributed by atoms with Crippen molar-refractivity contribution in [1.82, 2.24) is 0 Å². The maximum atomic E-state index is 13.7. The van der Waals surface area contributed by atoms with Crippen molar-refractivity contribution in [3.05, 3.63) is 101 Å². The molecule has 3 aromatic rings. The molecule has 0 aliphatic carbocycles. The van der Waals surface area contributed by atoms with E-state index in [2.05, 4.69) is 0 Å². The van der Waals surface area contributed by atoms with E-state index in [0.717, 1.165) is 16.7 Å². The zero-order chi connectivity index (χ0) is 19.9. The molecule has 1 aliphatic heterocycles. The number of fused-ring (bicyclic) bond motifs is 1. The number of ether oxygens (including phenoxy) is 2. The molecule has 4 rings (SSSR count). The molecule has 4 heteroatoms. The van der Waals surface area contributed by atoms with Gasteiger partial charge in [0.25, 0.3) is 0 Å². The monoisotopic (exact) mass is 380 g/mol. The Balaban J connectivity index is 2.03. The maximum Gasteiger partial charge on any atom is 0.206 e. The van der Waals surface area contributed by atoms with Crippen LogP contribution in [0.5, 0.6) is 5.75 Å². The van der Waals surface area contributed by atoms with Crippen molar-refractivity contribution in [3.8, 4) is 5.75 Å². The van der Waals surface area contributed by atoms with E-state index in [-0.39, 0.29) is 17.0 Å². The van der Waals surface area contributed by atoms with E-state index < -0.39 is 11.9 Å². The highest BCUT2D eigenvalue weighted by atomic mass is 19.1. The second kappa shape index (κ2) is 6.71. The zero-order valence-corrected chi connectivity index (χ0v) is 16.1. The number of hydrogen-bond donors (Lipinski definition) is 0. The Hall–Kier alpha value is -2.72. The molecule has 0 bridgehead atoms. The first kappa shape index (κ1) is 18.6. The van der Waals surface area contributed by atoms with Gasteiger partial charge in [-0.25, -0.2) is 8.78 Å². The minimum Gasteiger partial charge on any atom is -0.464 e. The lowest BCUT2D eigenvalue weighted by molar-refractivity contribution is -0.208. The van der Waals surface area contributed by atoms with Gasteiger partial charge in [0.1, 0.15) is 17.4 Å². The SMILES string of the molecule is CC(C)(C)C1Oc2ccccc2C(c2ccc(F)cc2)(c2ccc(F)cc2)O1. The predicted molar refractivity (Wildman–Crippen MR) is 104 cm³/mol. The highest BCUT2D eigenvalue weighted by molar-refractivity contribution is 5.54. The third kappa shape index (κ3) is 3.08. The van der Waals surface area contributed by atoms with Crippen molar-refractivity contribution in [2.45, 2.75) is 32.7 Å². The van der Waals surface area contributed by atoms with Gasteiger partial charge < -0.3 is 9.47 Å². The Morgan fingerprint density at radius 2 is 1.25 bits per heavy atom. The molecule has 0 N–H and O–H groups in total. The summed E-state index contributed by atoms with van der Waals surface area (Å²) >= 11 is 0. The lowest BCUT2D eigenvalue weighted by Crippen LogP contribution is -2.48. The van der Waals surface area contributed by atoms with Crippen molar-refractivity contribution in [2.75, 3.05) is 0 Å². The third-order valence-corrected chi connectivity index (χ3v) is 4.99. The zero-order valence-electron chi connectivity index (χ0n) is 16.1. The summed E-state index contributed by atoms with van der Waals surface area (Å²) < 4.78 is 40.2. The van der Waals surface area contributed by atoms with Crippen LogP contribution in [0.1, 0.15) is 37.5 Å². The van der Waals surface area contributed by atoms with Gasteiger partial charge in [-0.1, -0.05) is 63.2 Å². The molecule has 3 aromatic carbocycles. The molecule has 28 heavy (non-hydrogen) atoms. The fourth-order valence-corrected chi connectivity index (χ4v) is 3.56. The molecule has 0 saturated carbocycles. The van der Waals surface area contributed by atoms with Crippen LogP contribution in [0.3, 0.4) is 0 Å². The maximum absolute atomic E-state index is 13.7. The average molecular weight is 380 g/mol. The van der Waals surface area contributed by atoms with Crippen LogP contribution >= 0.6 is 0 Å². The molecule has 0 radical (unpaired) electrons. The predicted octanol–water partition coefficient (Wildman–Crippen LogP) is 6.04. The van der Waals surface area contributed by atoms with Gasteiger partial charge in [0.15, 0.2) is 5.60 Å². The molecule has 2 nitrogen and oxygen atoms in total. The number of benzene rings is 3. The van der Waals surface area contributed by atoms with Crippen molar-refractivity contribution < 1.29 is 18.3 Å². The van der Waals surface area contributed by atoms with Crippen molar-refractivity contribution in [3.63, 3.8) is 0 Å². The first-order valence-electron chi connectivity index (χ1n) is 9.27. The van der Waals surface area contributed by atoms with Crippen LogP contribution in [-0.4, -0.2) is 6.29 Å². The van der Waals surface area contributed by atoms with Crippen LogP contribution in [0.15, 0.2) is 72.8 Å². The summed E-state index contributed by atoms with van der Waals surface area (Å²) in [6.07, 6.45) is -0.558. The Kier molecular flexibility index (Phi) is 4.47. The highest BCUT2D eigenvalue weighted by Crippen LogP contribution is 2.50. The molecule has 1 atom stereocenters. The molecule has 0 aromatic heterocycles. The van der Waals surface area contributed by atoms with E-state index >= 15 is 0 Å².